The van der Waals surface area contributed by atoms with E-state index in [0.717, 1.165) is 45.4 Å². The van der Waals surface area contributed by atoms with Gasteiger partial charge in [0.15, 0.2) is 0 Å². The lowest BCUT2D eigenvalue weighted by atomic mass is 9.85. The number of hydrogen-bond acceptors (Lipinski definition) is 9. The number of nitrogens with one attached hydrogen (secondary N) is 4. The molecule has 4 aromatic rings. The second-order valence-corrected chi connectivity index (χ2v) is 16.5. The highest BCUT2D eigenvalue weighted by Crippen LogP contribution is 2.48. The molecule has 3 saturated heterocycles. The van der Waals surface area contributed by atoms with Crippen LogP contribution in [0.4, 0.5) is 9.59 Å². The van der Waals surface area contributed by atoms with Gasteiger partial charge in [0.05, 0.1) is 55.8 Å². The summed E-state index contributed by atoms with van der Waals surface area (Å²) in [5, 5.41) is 5.41. The van der Waals surface area contributed by atoms with Gasteiger partial charge in [0.1, 0.15) is 23.7 Å². The number of ether oxygens (including phenoxy) is 3. The molecule has 59 heavy (non-hydrogen) atoms. The zero-order valence-electron chi connectivity index (χ0n) is 34.4. The molecule has 0 saturated carbocycles. The number of carbonyl (C=O) groups is 4. The molecule has 4 amide bonds. The lowest BCUT2D eigenvalue weighted by Gasteiger charge is -2.30. The average molecular weight is 805 g/mol. The summed E-state index contributed by atoms with van der Waals surface area (Å²) in [7, 11) is 2.56. The van der Waals surface area contributed by atoms with E-state index >= 15 is 0 Å². The second kappa shape index (κ2) is 17.0. The van der Waals surface area contributed by atoms with Gasteiger partial charge in [-0.2, -0.15) is 0 Å². The number of likely N-dealkylation sites (tertiary alicyclic amines) is 2. The minimum Gasteiger partial charge on any atom is -0.453 e. The molecule has 2 aromatic carbocycles. The van der Waals surface area contributed by atoms with Crippen molar-refractivity contribution in [1.29, 1.82) is 0 Å². The van der Waals surface area contributed by atoms with Crippen molar-refractivity contribution in [1.82, 2.24) is 40.4 Å². The summed E-state index contributed by atoms with van der Waals surface area (Å²) in [4.78, 5) is 71.9. The van der Waals surface area contributed by atoms with Crippen LogP contribution >= 0.6 is 0 Å². The van der Waals surface area contributed by atoms with Crippen LogP contribution in [-0.4, -0.2) is 106 Å². The molecule has 3 aliphatic rings. The number of fused-ring (bicyclic) bond motifs is 1. The second-order valence-electron chi connectivity index (χ2n) is 16.5. The van der Waals surface area contributed by atoms with Gasteiger partial charge in [0.25, 0.3) is 0 Å². The van der Waals surface area contributed by atoms with E-state index in [1.165, 1.54) is 14.2 Å². The fourth-order valence-corrected chi connectivity index (χ4v) is 8.29. The first kappa shape index (κ1) is 41.0. The van der Waals surface area contributed by atoms with Crippen molar-refractivity contribution >= 4 is 35.0 Å². The van der Waals surface area contributed by atoms with Gasteiger partial charge >= 0.3 is 12.2 Å². The largest absolute Gasteiger partial charge is 0.453 e. The number of hydrogen-bond donors (Lipinski definition) is 4. The Balaban J connectivity index is 1.05. The summed E-state index contributed by atoms with van der Waals surface area (Å²) < 4.78 is 15.4. The molecular weight excluding hydrogens is 753 g/mol. The summed E-state index contributed by atoms with van der Waals surface area (Å²) in [5.41, 5.74) is 5.65. The number of aromatic amines is 2. The Bertz CT molecular complexity index is 2300. The molecule has 15 nitrogen and oxygen atoms in total. The summed E-state index contributed by atoms with van der Waals surface area (Å²) in [6, 6.07) is 11.5. The lowest BCUT2D eigenvalue weighted by molar-refractivity contribution is -0.136. The van der Waals surface area contributed by atoms with Crippen LogP contribution in [0.2, 0.25) is 0 Å². The highest BCUT2D eigenvalue weighted by atomic mass is 16.5. The molecular formula is C44H52N8O7. The number of amides is 4. The standard InChI is InChI=1S/C44H52N8O7/c1-25(2)36(49-42(55)57-6)40(53)51-22-27(5)18-34(51)38-45-21-33(48-38)30-13-10-28(11-14-30)8-9-29-12-15-31-32(19-29)47-39(46-31)35-20-44(16-17-59-24-44)23-52(35)41(54)37(26(3)4)50-43(56)58-7/h10-15,19,21,25-26,34-37H,5,16-18,20,22-24H2,1-4,6-7H3,(H,45,48)(H,46,47)(H,49,55)(H,50,56)/t34-,35-,36-,37-,44+/m0/s1. The Kier molecular flexibility index (Phi) is 11.8. The predicted molar refractivity (Wildman–Crippen MR) is 220 cm³/mol. The zero-order chi connectivity index (χ0) is 42.0. The van der Waals surface area contributed by atoms with Gasteiger partial charge in [-0.3, -0.25) is 9.59 Å². The SMILES string of the molecule is C=C1C[C@@H](c2ncc(-c3ccc(C#Cc4ccc5nc([C@@H]6C[C@]7(CCOC7)CN6C(=O)[C@@H](NC(=O)OC)C(C)C)[nH]c5c4)cc3)[nH]2)N(C(=O)[C@@H](NC(=O)OC)C(C)C)C1. The van der Waals surface area contributed by atoms with E-state index in [-0.39, 0.29) is 41.1 Å². The van der Waals surface area contributed by atoms with Crippen LogP contribution in [0.15, 0.2) is 60.8 Å². The van der Waals surface area contributed by atoms with E-state index in [1.807, 2.05) is 75.1 Å². The van der Waals surface area contributed by atoms with Gasteiger partial charge in [-0.05, 0) is 67.0 Å². The summed E-state index contributed by atoms with van der Waals surface area (Å²) in [5.74, 6) is 7.17. The molecule has 4 N–H and O–H groups in total. The normalized spacial score (nSPS) is 21.2. The summed E-state index contributed by atoms with van der Waals surface area (Å²) in [6.07, 6.45) is 2.57. The van der Waals surface area contributed by atoms with E-state index in [2.05, 4.69) is 44.0 Å². The molecule has 0 aliphatic carbocycles. The van der Waals surface area contributed by atoms with Crippen LogP contribution in [0, 0.1) is 29.1 Å². The van der Waals surface area contributed by atoms with Crippen LogP contribution in [-0.2, 0) is 23.8 Å². The number of rotatable bonds is 9. The van der Waals surface area contributed by atoms with E-state index in [9.17, 15) is 19.2 Å². The lowest BCUT2D eigenvalue weighted by Crippen LogP contribution is -2.51. The molecule has 3 aliphatic heterocycles. The molecule has 3 fully saturated rings. The van der Waals surface area contributed by atoms with Crippen molar-refractivity contribution in [2.45, 2.75) is 71.1 Å². The van der Waals surface area contributed by atoms with Crippen molar-refractivity contribution in [2.75, 3.05) is 40.5 Å². The Labute approximate surface area is 343 Å². The third kappa shape index (κ3) is 8.68. The van der Waals surface area contributed by atoms with Gasteiger partial charge in [-0.25, -0.2) is 19.6 Å². The van der Waals surface area contributed by atoms with Crippen molar-refractivity contribution in [3.05, 3.63) is 83.6 Å². The van der Waals surface area contributed by atoms with E-state index < -0.39 is 24.3 Å². The van der Waals surface area contributed by atoms with Crippen LogP contribution < -0.4 is 10.6 Å². The number of imidazole rings is 2. The van der Waals surface area contributed by atoms with Crippen LogP contribution in [0.25, 0.3) is 22.3 Å². The topological polar surface area (TPSA) is 184 Å². The van der Waals surface area contributed by atoms with E-state index in [0.29, 0.717) is 50.8 Å². The fraction of sp³-hybridized carbons (Fsp3) is 0.455. The highest BCUT2D eigenvalue weighted by Gasteiger charge is 2.51. The molecule has 0 radical (unpaired) electrons. The van der Waals surface area contributed by atoms with Crippen LogP contribution in [0.1, 0.15) is 81.8 Å². The van der Waals surface area contributed by atoms with Gasteiger partial charge < -0.3 is 44.6 Å². The number of benzene rings is 2. The number of nitrogens with zero attached hydrogens (tertiary/aromatic N) is 4. The summed E-state index contributed by atoms with van der Waals surface area (Å²) in [6.45, 7) is 13.8. The van der Waals surface area contributed by atoms with E-state index in [4.69, 9.17) is 19.2 Å². The molecule has 2 aromatic heterocycles. The first-order valence-electron chi connectivity index (χ1n) is 20.0. The third-order valence-corrected chi connectivity index (χ3v) is 11.6. The quantitative estimate of drug-likeness (QED) is 0.123. The number of alkyl carbamates (subject to hydrolysis) is 2. The van der Waals surface area contributed by atoms with Gasteiger partial charge in [-0.15, -0.1) is 0 Å². The average Bonchev–Trinajstić information content (AvgIpc) is 4.08. The van der Waals surface area contributed by atoms with Crippen molar-refractivity contribution in [3.8, 4) is 23.1 Å². The zero-order valence-corrected chi connectivity index (χ0v) is 34.4. The minimum atomic E-state index is -0.750. The number of methoxy groups -OCH3 is 2. The summed E-state index contributed by atoms with van der Waals surface area (Å²) >= 11 is 0. The Morgan fingerprint density at radius 2 is 1.53 bits per heavy atom. The molecule has 5 heterocycles. The molecule has 15 heteroatoms. The van der Waals surface area contributed by atoms with Crippen molar-refractivity contribution in [3.63, 3.8) is 0 Å². The maximum absolute atomic E-state index is 14.0. The molecule has 5 atom stereocenters. The van der Waals surface area contributed by atoms with Gasteiger partial charge in [0, 0.05) is 36.2 Å². The first-order chi connectivity index (χ1) is 28.3. The van der Waals surface area contributed by atoms with Gasteiger partial charge in [-0.1, -0.05) is 63.8 Å². The molecule has 310 valence electrons. The molecule has 0 unspecified atom stereocenters. The van der Waals surface area contributed by atoms with Crippen molar-refractivity contribution < 1.29 is 33.4 Å². The predicted octanol–water partition coefficient (Wildman–Crippen LogP) is 5.62. The monoisotopic (exact) mass is 804 g/mol. The van der Waals surface area contributed by atoms with Gasteiger partial charge in [0.2, 0.25) is 11.8 Å². The van der Waals surface area contributed by atoms with Crippen LogP contribution in [0.5, 0.6) is 0 Å². The first-order valence-corrected chi connectivity index (χ1v) is 20.0. The number of carbonyl (C=O) groups excluding carboxylic acids is 4. The Hall–Kier alpha value is -6.14. The smallest absolute Gasteiger partial charge is 0.407 e. The maximum Gasteiger partial charge on any atom is 0.407 e. The van der Waals surface area contributed by atoms with Crippen LogP contribution in [0.3, 0.4) is 0 Å². The fourth-order valence-electron chi connectivity index (χ4n) is 8.29. The Morgan fingerprint density at radius 1 is 0.881 bits per heavy atom. The highest BCUT2D eigenvalue weighted by molar-refractivity contribution is 5.88. The van der Waals surface area contributed by atoms with E-state index in [1.54, 1.807) is 11.1 Å². The third-order valence-electron chi connectivity index (χ3n) is 11.6. The minimum absolute atomic E-state index is 0.152. The molecule has 7 rings (SSSR count). The number of H-pyrrole nitrogens is 2. The number of aromatic nitrogens is 4. The molecule has 0 bridgehead atoms. The van der Waals surface area contributed by atoms with Crippen molar-refractivity contribution in [2.24, 2.45) is 17.3 Å². The Morgan fingerprint density at radius 3 is 2.15 bits per heavy atom. The maximum atomic E-state index is 14.0. The molecule has 1 spiro atoms.